The Morgan fingerprint density at radius 3 is 2.78 bits per heavy atom. The fourth-order valence-electron chi connectivity index (χ4n) is 2.46. The van der Waals surface area contributed by atoms with Gasteiger partial charge in [-0.1, -0.05) is 36.4 Å². The topological polar surface area (TPSA) is 35.2 Å². The first-order valence-electron chi connectivity index (χ1n) is 6.38. The Hall–Kier alpha value is -1.80. The molecule has 2 heteroatoms. The van der Waals surface area contributed by atoms with Gasteiger partial charge in [-0.15, -0.1) is 0 Å². The van der Waals surface area contributed by atoms with Crippen molar-refractivity contribution in [1.29, 1.82) is 0 Å². The molecule has 0 aliphatic heterocycles. The molecule has 1 unspecified atom stereocenters. The highest BCUT2D eigenvalue weighted by Gasteiger charge is 2.18. The zero-order chi connectivity index (χ0) is 12.4. The molecule has 2 aromatic carbocycles. The normalized spacial score (nSPS) is 17.5. The Morgan fingerprint density at radius 1 is 1.11 bits per heavy atom. The average Bonchev–Trinajstić information content (AvgIpc) is 2.79. The predicted molar refractivity (Wildman–Crippen MR) is 72.5 cm³/mol. The first-order valence-corrected chi connectivity index (χ1v) is 6.38. The van der Waals surface area contributed by atoms with Gasteiger partial charge in [0.05, 0.1) is 0 Å². The van der Waals surface area contributed by atoms with Crippen molar-refractivity contribution in [2.75, 3.05) is 0 Å². The van der Waals surface area contributed by atoms with Gasteiger partial charge in [0.2, 0.25) is 0 Å². The van der Waals surface area contributed by atoms with E-state index in [1.165, 1.54) is 16.7 Å². The first kappa shape index (κ1) is 11.3. The van der Waals surface area contributed by atoms with E-state index in [1.807, 2.05) is 24.3 Å². The summed E-state index contributed by atoms with van der Waals surface area (Å²) in [7, 11) is 0. The predicted octanol–water partition coefficient (Wildman–Crippen LogP) is 3.21. The number of fused-ring (bicyclic) bond motifs is 1. The van der Waals surface area contributed by atoms with Crippen molar-refractivity contribution >= 4 is 0 Å². The Balaban J connectivity index is 1.71. The number of aryl methyl sites for hydroxylation is 1. The first-order chi connectivity index (χ1) is 8.83. The Bertz CT molecular complexity index is 536. The van der Waals surface area contributed by atoms with Crippen molar-refractivity contribution in [2.24, 2.45) is 5.73 Å². The fourth-order valence-corrected chi connectivity index (χ4v) is 2.46. The highest BCUT2D eigenvalue weighted by Crippen LogP contribution is 2.31. The molecule has 0 aromatic heterocycles. The third-order valence-corrected chi connectivity index (χ3v) is 3.49. The van der Waals surface area contributed by atoms with Crippen LogP contribution in [0, 0.1) is 0 Å². The van der Waals surface area contributed by atoms with Crippen LogP contribution in [0.15, 0.2) is 48.5 Å². The number of benzene rings is 2. The van der Waals surface area contributed by atoms with Crippen molar-refractivity contribution in [2.45, 2.75) is 25.5 Å². The second kappa shape index (κ2) is 4.83. The van der Waals surface area contributed by atoms with Gasteiger partial charge in [-0.2, -0.15) is 0 Å². The molecule has 0 bridgehead atoms. The molecule has 2 aromatic rings. The van der Waals surface area contributed by atoms with E-state index < -0.39 is 0 Å². The average molecular weight is 239 g/mol. The molecule has 92 valence electrons. The van der Waals surface area contributed by atoms with Crippen LogP contribution in [0.1, 0.15) is 29.2 Å². The number of hydrogen-bond acceptors (Lipinski definition) is 2. The lowest BCUT2D eigenvalue weighted by molar-refractivity contribution is 0.306. The van der Waals surface area contributed by atoms with E-state index in [2.05, 4.69) is 24.3 Å². The second-order valence-corrected chi connectivity index (χ2v) is 4.78. The van der Waals surface area contributed by atoms with Crippen molar-refractivity contribution in [3.63, 3.8) is 0 Å². The summed E-state index contributed by atoms with van der Waals surface area (Å²) in [4.78, 5) is 0. The van der Waals surface area contributed by atoms with Crippen molar-refractivity contribution in [3.8, 4) is 5.75 Å². The van der Waals surface area contributed by atoms with Crippen LogP contribution in [-0.2, 0) is 13.0 Å². The lowest BCUT2D eigenvalue weighted by atomic mass is 10.1. The van der Waals surface area contributed by atoms with Crippen LogP contribution in [0.25, 0.3) is 0 Å². The van der Waals surface area contributed by atoms with Crippen LogP contribution in [-0.4, -0.2) is 0 Å². The Labute approximate surface area is 107 Å². The standard InChI is InChI=1S/C16H17NO/c17-16-9-6-13-10-14(7-8-15(13)16)18-11-12-4-2-1-3-5-12/h1-5,7-8,10,16H,6,9,11,17H2. The van der Waals surface area contributed by atoms with E-state index in [-0.39, 0.29) is 6.04 Å². The minimum Gasteiger partial charge on any atom is -0.489 e. The molecule has 1 aliphatic rings. The fraction of sp³-hybridized carbons (Fsp3) is 0.250. The van der Waals surface area contributed by atoms with Gasteiger partial charge in [-0.3, -0.25) is 0 Å². The quantitative estimate of drug-likeness (QED) is 0.892. The largest absolute Gasteiger partial charge is 0.489 e. The van der Waals surface area contributed by atoms with Crippen LogP contribution in [0.3, 0.4) is 0 Å². The molecule has 18 heavy (non-hydrogen) atoms. The minimum absolute atomic E-state index is 0.211. The Morgan fingerprint density at radius 2 is 1.94 bits per heavy atom. The molecule has 1 aliphatic carbocycles. The summed E-state index contributed by atoms with van der Waals surface area (Å²) < 4.78 is 5.81. The van der Waals surface area contributed by atoms with Crippen LogP contribution >= 0.6 is 0 Å². The van der Waals surface area contributed by atoms with Gasteiger partial charge in [0.15, 0.2) is 0 Å². The van der Waals surface area contributed by atoms with Crippen LogP contribution in [0.5, 0.6) is 5.75 Å². The summed E-state index contributed by atoms with van der Waals surface area (Å²) in [6, 6.07) is 16.7. The number of rotatable bonds is 3. The molecule has 0 amide bonds. The van der Waals surface area contributed by atoms with Gasteiger partial charge in [0.1, 0.15) is 12.4 Å². The molecule has 1 atom stereocenters. The maximum absolute atomic E-state index is 6.02. The Kier molecular flexibility index (Phi) is 3.03. The number of ether oxygens (including phenoxy) is 1. The molecule has 2 N–H and O–H groups in total. The van der Waals surface area contributed by atoms with Crippen LogP contribution in [0.2, 0.25) is 0 Å². The van der Waals surface area contributed by atoms with Gasteiger partial charge in [0, 0.05) is 6.04 Å². The third kappa shape index (κ3) is 2.24. The molecular formula is C16H17NO. The molecule has 0 saturated carbocycles. The highest BCUT2D eigenvalue weighted by atomic mass is 16.5. The van der Waals surface area contributed by atoms with Crippen LogP contribution in [0.4, 0.5) is 0 Å². The molecule has 0 spiro atoms. The summed E-state index contributed by atoms with van der Waals surface area (Å²) in [5.74, 6) is 0.937. The second-order valence-electron chi connectivity index (χ2n) is 4.78. The van der Waals surface area contributed by atoms with Crippen molar-refractivity contribution in [1.82, 2.24) is 0 Å². The maximum atomic E-state index is 6.02. The van der Waals surface area contributed by atoms with Crippen molar-refractivity contribution in [3.05, 3.63) is 65.2 Å². The summed E-state index contributed by atoms with van der Waals surface area (Å²) >= 11 is 0. The van der Waals surface area contributed by atoms with Gasteiger partial charge in [0.25, 0.3) is 0 Å². The highest BCUT2D eigenvalue weighted by molar-refractivity contribution is 5.40. The minimum atomic E-state index is 0.211. The lowest BCUT2D eigenvalue weighted by Crippen LogP contribution is -2.05. The van der Waals surface area contributed by atoms with Gasteiger partial charge in [-0.25, -0.2) is 0 Å². The third-order valence-electron chi connectivity index (χ3n) is 3.49. The molecule has 3 rings (SSSR count). The van der Waals surface area contributed by atoms with E-state index in [0.717, 1.165) is 18.6 Å². The lowest BCUT2D eigenvalue weighted by Gasteiger charge is -2.09. The molecular weight excluding hydrogens is 222 g/mol. The summed E-state index contributed by atoms with van der Waals surface area (Å²) in [5, 5.41) is 0. The summed E-state index contributed by atoms with van der Waals surface area (Å²) in [5.41, 5.74) is 9.83. The van der Waals surface area contributed by atoms with E-state index in [1.54, 1.807) is 0 Å². The van der Waals surface area contributed by atoms with Gasteiger partial charge in [-0.05, 0) is 41.7 Å². The molecule has 0 radical (unpaired) electrons. The van der Waals surface area contributed by atoms with Gasteiger partial charge < -0.3 is 10.5 Å². The van der Waals surface area contributed by atoms with Gasteiger partial charge >= 0.3 is 0 Å². The molecule has 0 heterocycles. The SMILES string of the molecule is NC1CCc2cc(OCc3ccccc3)ccc21. The summed E-state index contributed by atoms with van der Waals surface area (Å²) in [6.45, 7) is 0.617. The number of hydrogen-bond donors (Lipinski definition) is 1. The van der Waals surface area contributed by atoms with E-state index in [0.29, 0.717) is 6.61 Å². The zero-order valence-corrected chi connectivity index (χ0v) is 10.3. The number of nitrogens with two attached hydrogens (primary N) is 1. The van der Waals surface area contributed by atoms with Crippen LogP contribution < -0.4 is 10.5 Å². The van der Waals surface area contributed by atoms with E-state index in [4.69, 9.17) is 10.5 Å². The zero-order valence-electron chi connectivity index (χ0n) is 10.3. The molecule has 0 fully saturated rings. The smallest absolute Gasteiger partial charge is 0.120 e. The maximum Gasteiger partial charge on any atom is 0.120 e. The molecule has 0 saturated heterocycles. The van der Waals surface area contributed by atoms with Crippen molar-refractivity contribution < 1.29 is 4.74 Å². The van der Waals surface area contributed by atoms with E-state index in [9.17, 15) is 0 Å². The molecule has 2 nitrogen and oxygen atoms in total. The summed E-state index contributed by atoms with van der Waals surface area (Å²) in [6.07, 6.45) is 2.12. The van der Waals surface area contributed by atoms with E-state index >= 15 is 0 Å². The monoisotopic (exact) mass is 239 g/mol.